The van der Waals surface area contributed by atoms with Crippen molar-refractivity contribution in [2.45, 2.75) is 219 Å². The van der Waals surface area contributed by atoms with E-state index in [2.05, 4.69) is 13.8 Å². The summed E-state index contributed by atoms with van der Waals surface area (Å²) in [5.41, 5.74) is 0. The van der Waals surface area contributed by atoms with Crippen molar-refractivity contribution in [2.24, 2.45) is 0 Å². The zero-order valence-electron chi connectivity index (χ0n) is 36.5. The molecule has 2 unspecified atom stereocenters. The van der Waals surface area contributed by atoms with Crippen LogP contribution in [0.15, 0.2) is 0 Å². The van der Waals surface area contributed by atoms with Crippen LogP contribution < -0.4 is 0 Å². The zero-order chi connectivity index (χ0) is 40.0. The number of carbonyl (C=O) groups excluding carboxylic acids is 2. The summed E-state index contributed by atoms with van der Waals surface area (Å²) in [6, 6.07) is 0. The van der Waals surface area contributed by atoms with Gasteiger partial charge in [-0.3, -0.25) is 23.2 Å². The highest BCUT2D eigenvalue weighted by molar-refractivity contribution is 7.48. The Bertz CT molecular complexity index is 896. The average molecular weight is 791 g/mol. The van der Waals surface area contributed by atoms with Gasteiger partial charge in [-0.2, -0.15) is 0 Å². The van der Waals surface area contributed by atoms with E-state index in [-0.39, 0.29) is 44.8 Å². The van der Waals surface area contributed by atoms with E-state index in [1.807, 2.05) is 21.1 Å². The quantitative estimate of drug-likeness (QED) is 0.0261. The van der Waals surface area contributed by atoms with Crippen LogP contribution in [0, 0.1) is 0 Å². The Balaban J connectivity index is 4.52. The van der Waals surface area contributed by atoms with Crippen LogP contribution in [-0.2, 0) is 37.2 Å². The number of quaternary nitrogens is 1. The lowest BCUT2D eigenvalue weighted by Gasteiger charge is -2.25. The maximum absolute atomic E-state index is 13.3. The molecule has 2 atom stereocenters. The van der Waals surface area contributed by atoms with Crippen molar-refractivity contribution in [2.75, 3.05) is 54.1 Å². The fraction of sp³-hybridized carbons (Fsp3) is 0.955. The van der Waals surface area contributed by atoms with E-state index in [0.29, 0.717) is 17.4 Å². The molecular formula is C44H89NO8P+. The summed E-state index contributed by atoms with van der Waals surface area (Å²) < 4.78 is 41.7. The first-order valence-electron chi connectivity index (χ1n) is 22.7. The number of hydrogen-bond acceptors (Lipinski definition) is 8. The molecule has 0 heterocycles. The predicted octanol–water partition coefficient (Wildman–Crippen LogP) is 13.1. The van der Waals surface area contributed by atoms with Crippen LogP contribution in [0.3, 0.4) is 0 Å². The first-order chi connectivity index (χ1) is 26.0. The molecule has 0 saturated carbocycles. The molecule has 0 saturated heterocycles. The molecule has 0 aliphatic carbocycles. The van der Waals surface area contributed by atoms with Crippen molar-refractivity contribution < 1.29 is 41.7 Å². The van der Waals surface area contributed by atoms with Crippen molar-refractivity contribution in [3.63, 3.8) is 0 Å². The van der Waals surface area contributed by atoms with Gasteiger partial charge in [0.25, 0.3) is 0 Å². The number of hydrogen-bond donors (Lipinski definition) is 0. The fourth-order valence-corrected chi connectivity index (χ4v) is 7.61. The summed E-state index contributed by atoms with van der Waals surface area (Å²) in [5, 5.41) is 0. The average Bonchev–Trinajstić information content (AvgIpc) is 3.12. The largest absolute Gasteiger partial charge is 0.475 e. The molecule has 0 aliphatic rings. The van der Waals surface area contributed by atoms with Gasteiger partial charge in [-0.05, 0) is 19.8 Å². The van der Waals surface area contributed by atoms with E-state index < -0.39 is 13.9 Å². The van der Waals surface area contributed by atoms with Crippen molar-refractivity contribution >= 4 is 19.8 Å². The van der Waals surface area contributed by atoms with Crippen molar-refractivity contribution in [3.8, 4) is 0 Å². The minimum Gasteiger partial charge on any atom is -0.462 e. The second-order valence-corrected chi connectivity index (χ2v) is 18.2. The summed E-state index contributed by atoms with van der Waals surface area (Å²) >= 11 is 0. The third-order valence-electron chi connectivity index (χ3n) is 9.91. The van der Waals surface area contributed by atoms with Crippen LogP contribution in [-0.4, -0.2) is 76.6 Å². The summed E-state index contributed by atoms with van der Waals surface area (Å²) in [7, 11) is 2.14. The molecule has 0 aliphatic heterocycles. The van der Waals surface area contributed by atoms with Gasteiger partial charge >= 0.3 is 19.8 Å². The van der Waals surface area contributed by atoms with Gasteiger partial charge in [-0.25, -0.2) is 4.57 Å². The predicted molar refractivity (Wildman–Crippen MR) is 225 cm³/mol. The van der Waals surface area contributed by atoms with E-state index in [0.717, 1.165) is 38.5 Å². The van der Waals surface area contributed by atoms with Gasteiger partial charge in [-0.1, -0.05) is 181 Å². The van der Waals surface area contributed by atoms with E-state index in [1.54, 1.807) is 6.92 Å². The van der Waals surface area contributed by atoms with Gasteiger partial charge in [-0.15, -0.1) is 0 Å². The van der Waals surface area contributed by atoms with Crippen LogP contribution in [0.5, 0.6) is 0 Å². The van der Waals surface area contributed by atoms with Crippen molar-refractivity contribution in [1.82, 2.24) is 0 Å². The molecular weight excluding hydrogens is 701 g/mol. The van der Waals surface area contributed by atoms with Crippen molar-refractivity contribution in [3.05, 3.63) is 0 Å². The van der Waals surface area contributed by atoms with Crippen LogP contribution in [0.25, 0.3) is 0 Å². The molecule has 0 amide bonds. The van der Waals surface area contributed by atoms with E-state index >= 15 is 0 Å². The Morgan fingerprint density at radius 3 is 1.22 bits per heavy atom. The second-order valence-electron chi connectivity index (χ2n) is 16.5. The Morgan fingerprint density at radius 1 is 0.481 bits per heavy atom. The molecule has 0 rings (SSSR count). The summed E-state index contributed by atoms with van der Waals surface area (Å²) in [5.74, 6) is -0.697. The normalized spacial score (nSPS) is 13.5. The standard InChI is InChI=1S/C44H89NO8P/c1-7-10-12-14-16-18-20-22-24-26-28-30-32-34-36-43(46)49-40-42(41-52-54(48,50-9-3)51-39-38-45(4,5)6)53-44(47)37-35-33-31-29-27-25-23-21-19-17-15-13-11-8-2/h42H,7-41H2,1-6H3/q+1. The van der Waals surface area contributed by atoms with Crippen LogP contribution in [0.4, 0.5) is 0 Å². The third kappa shape index (κ3) is 37.9. The lowest BCUT2D eigenvalue weighted by molar-refractivity contribution is -0.870. The molecule has 0 aromatic heterocycles. The van der Waals surface area contributed by atoms with E-state index in [4.69, 9.17) is 23.0 Å². The molecule has 0 bridgehead atoms. The Morgan fingerprint density at radius 2 is 0.852 bits per heavy atom. The number of ether oxygens (including phenoxy) is 2. The first-order valence-corrected chi connectivity index (χ1v) is 24.2. The minimum atomic E-state index is -3.89. The van der Waals surface area contributed by atoms with E-state index in [9.17, 15) is 14.2 Å². The number of carbonyl (C=O) groups is 2. The smallest absolute Gasteiger partial charge is 0.462 e. The van der Waals surface area contributed by atoms with Gasteiger partial charge in [0, 0.05) is 12.8 Å². The SMILES string of the molecule is CCCCCCCCCCCCCCCCC(=O)OCC(COP(=O)(OCC)OCC[N+](C)(C)C)OC(=O)CCCCCCCCCCCCCCCC. The molecule has 0 fully saturated rings. The van der Waals surface area contributed by atoms with Crippen LogP contribution >= 0.6 is 7.82 Å². The number of esters is 2. The Labute approximate surface area is 334 Å². The highest BCUT2D eigenvalue weighted by atomic mass is 31.2. The highest BCUT2D eigenvalue weighted by Crippen LogP contribution is 2.49. The molecule has 54 heavy (non-hydrogen) atoms. The Hall–Kier alpha value is -0.990. The molecule has 0 radical (unpaired) electrons. The molecule has 0 spiro atoms. The lowest BCUT2D eigenvalue weighted by atomic mass is 10.0. The van der Waals surface area contributed by atoms with Crippen LogP contribution in [0.2, 0.25) is 0 Å². The fourth-order valence-electron chi connectivity index (χ4n) is 6.42. The summed E-state index contributed by atoms with van der Waals surface area (Å²) in [6.07, 6.45) is 34.7. The molecule has 9 nitrogen and oxygen atoms in total. The highest BCUT2D eigenvalue weighted by Gasteiger charge is 2.30. The summed E-state index contributed by atoms with van der Waals surface area (Å²) in [4.78, 5) is 25.4. The second kappa shape index (κ2) is 37.6. The molecule has 0 aromatic carbocycles. The van der Waals surface area contributed by atoms with Crippen LogP contribution in [0.1, 0.15) is 213 Å². The minimum absolute atomic E-state index is 0.138. The van der Waals surface area contributed by atoms with Crippen molar-refractivity contribution in [1.29, 1.82) is 0 Å². The maximum Gasteiger partial charge on any atom is 0.475 e. The van der Waals surface area contributed by atoms with Gasteiger partial charge < -0.3 is 14.0 Å². The molecule has 322 valence electrons. The number of likely N-dealkylation sites (N-methyl/N-ethyl adjacent to an activating group) is 1. The third-order valence-corrected chi connectivity index (χ3v) is 11.5. The number of phosphoric acid groups is 1. The summed E-state index contributed by atoms with van der Waals surface area (Å²) in [6.45, 7) is 6.75. The Kier molecular flexibility index (Phi) is 36.9. The van der Waals surface area contributed by atoms with Gasteiger partial charge in [0.2, 0.25) is 0 Å². The number of rotatable bonds is 42. The molecule has 10 heteroatoms. The van der Waals surface area contributed by atoms with E-state index in [1.165, 1.54) is 141 Å². The van der Waals surface area contributed by atoms with Gasteiger partial charge in [0.15, 0.2) is 6.10 Å². The van der Waals surface area contributed by atoms with Gasteiger partial charge in [0.05, 0.1) is 34.4 Å². The number of nitrogens with zero attached hydrogens (tertiary/aromatic N) is 1. The lowest BCUT2D eigenvalue weighted by Crippen LogP contribution is -2.37. The molecule has 0 aromatic rings. The first kappa shape index (κ1) is 53.0. The number of phosphoric ester groups is 1. The zero-order valence-corrected chi connectivity index (χ0v) is 37.4. The number of unbranched alkanes of at least 4 members (excludes halogenated alkanes) is 26. The topological polar surface area (TPSA) is 97.4 Å². The maximum atomic E-state index is 13.3. The molecule has 0 N–H and O–H groups in total. The van der Waals surface area contributed by atoms with Gasteiger partial charge in [0.1, 0.15) is 19.8 Å². The monoisotopic (exact) mass is 791 g/mol.